The van der Waals surface area contributed by atoms with Crippen molar-refractivity contribution in [1.82, 2.24) is 15.2 Å². The molecular formula is C23H33ClFN5O4S2. The number of sulfonamides is 1. The molecule has 2 aromatic rings. The Labute approximate surface area is 220 Å². The van der Waals surface area contributed by atoms with E-state index in [1.807, 2.05) is 20.8 Å². The van der Waals surface area contributed by atoms with E-state index in [4.69, 9.17) is 16.3 Å². The third-order valence-corrected chi connectivity index (χ3v) is 7.87. The molecule has 2 heterocycles. The standard InChI is InChI=1S/C23H33ClFN5O4S2/c1-23(2,3)34-22(31)30(15-16-7-6-9-26-16)11-5-4-8-27-19-14-18(25)20(13-17(19)24)36(32,33)29-21-28-10-12-35-21/h10,12-14,16,26-27H,4-9,11,15H2,1-3H3,(H,28,29)/t16-/m1/s1. The minimum Gasteiger partial charge on any atom is -0.444 e. The second-order valence-electron chi connectivity index (χ2n) is 9.56. The largest absolute Gasteiger partial charge is 0.444 e. The van der Waals surface area contributed by atoms with Gasteiger partial charge in [-0.3, -0.25) is 4.72 Å². The van der Waals surface area contributed by atoms with Gasteiger partial charge in [-0.15, -0.1) is 11.3 Å². The topological polar surface area (TPSA) is 113 Å². The molecule has 0 saturated carbocycles. The quantitative estimate of drug-likeness (QED) is 0.334. The average Bonchev–Trinajstić information content (AvgIpc) is 3.47. The smallest absolute Gasteiger partial charge is 0.410 e. The molecule has 1 saturated heterocycles. The summed E-state index contributed by atoms with van der Waals surface area (Å²) in [5, 5.41) is 8.27. The Balaban J connectivity index is 1.53. The van der Waals surface area contributed by atoms with E-state index in [1.165, 1.54) is 6.20 Å². The highest BCUT2D eigenvalue weighted by molar-refractivity contribution is 7.93. The van der Waals surface area contributed by atoms with Crippen molar-refractivity contribution < 1.29 is 22.3 Å². The molecule has 1 aliphatic rings. The number of nitrogens with zero attached hydrogens (tertiary/aromatic N) is 2. The molecule has 1 atom stereocenters. The number of hydrogen-bond acceptors (Lipinski definition) is 8. The monoisotopic (exact) mass is 561 g/mol. The van der Waals surface area contributed by atoms with Crippen LogP contribution in [0.5, 0.6) is 0 Å². The minimum atomic E-state index is -4.17. The Morgan fingerprint density at radius 3 is 2.78 bits per heavy atom. The fourth-order valence-corrected chi connectivity index (χ4v) is 5.90. The normalized spacial score (nSPS) is 16.1. The van der Waals surface area contributed by atoms with Crippen LogP contribution in [0, 0.1) is 5.82 Å². The zero-order valence-electron chi connectivity index (χ0n) is 20.6. The predicted octanol–water partition coefficient (Wildman–Crippen LogP) is 4.92. The van der Waals surface area contributed by atoms with Crippen molar-refractivity contribution >= 4 is 49.9 Å². The maximum Gasteiger partial charge on any atom is 0.410 e. The lowest BCUT2D eigenvalue weighted by molar-refractivity contribution is 0.0232. The van der Waals surface area contributed by atoms with E-state index in [9.17, 15) is 17.6 Å². The molecule has 0 spiro atoms. The molecule has 1 aliphatic heterocycles. The highest BCUT2D eigenvalue weighted by atomic mass is 35.5. The van der Waals surface area contributed by atoms with Crippen LogP contribution in [0.1, 0.15) is 46.5 Å². The highest BCUT2D eigenvalue weighted by Gasteiger charge is 2.26. The third kappa shape index (κ3) is 8.46. The van der Waals surface area contributed by atoms with Gasteiger partial charge in [-0.1, -0.05) is 11.6 Å². The number of carbonyl (C=O) groups is 1. The molecule has 200 valence electrons. The van der Waals surface area contributed by atoms with Gasteiger partial charge in [0.25, 0.3) is 10.0 Å². The first kappa shape index (κ1) is 28.4. The number of nitrogens with one attached hydrogen (secondary N) is 3. The Bertz CT molecular complexity index is 1120. The lowest BCUT2D eigenvalue weighted by Crippen LogP contribution is -2.44. The van der Waals surface area contributed by atoms with Crippen molar-refractivity contribution in [2.45, 2.75) is 63.0 Å². The first-order valence-corrected chi connectivity index (χ1v) is 14.6. The summed E-state index contributed by atoms with van der Waals surface area (Å²) in [6, 6.07) is 2.41. The van der Waals surface area contributed by atoms with E-state index >= 15 is 0 Å². The summed E-state index contributed by atoms with van der Waals surface area (Å²) in [7, 11) is -4.17. The van der Waals surface area contributed by atoms with Crippen LogP contribution < -0.4 is 15.4 Å². The van der Waals surface area contributed by atoms with Crippen LogP contribution in [0.25, 0.3) is 0 Å². The van der Waals surface area contributed by atoms with Gasteiger partial charge in [-0.2, -0.15) is 0 Å². The first-order chi connectivity index (χ1) is 16.9. The molecule has 0 radical (unpaired) electrons. The lowest BCUT2D eigenvalue weighted by atomic mass is 10.2. The predicted molar refractivity (Wildman–Crippen MR) is 141 cm³/mol. The maximum atomic E-state index is 14.7. The molecule has 1 amide bonds. The maximum absolute atomic E-state index is 14.7. The van der Waals surface area contributed by atoms with E-state index in [0.29, 0.717) is 38.2 Å². The number of hydrogen-bond donors (Lipinski definition) is 3. The van der Waals surface area contributed by atoms with E-state index in [1.54, 1.807) is 10.3 Å². The van der Waals surface area contributed by atoms with Gasteiger partial charge in [-0.05, 0) is 65.1 Å². The van der Waals surface area contributed by atoms with Crippen LogP contribution >= 0.6 is 22.9 Å². The number of amides is 1. The summed E-state index contributed by atoms with van der Waals surface area (Å²) in [6.07, 6.45) is 4.60. The van der Waals surface area contributed by atoms with Crippen molar-refractivity contribution in [2.24, 2.45) is 0 Å². The lowest BCUT2D eigenvalue weighted by Gasteiger charge is -2.29. The van der Waals surface area contributed by atoms with Crippen LogP contribution in [0.2, 0.25) is 5.02 Å². The molecule has 1 aromatic carbocycles. The van der Waals surface area contributed by atoms with Crippen LogP contribution in [-0.4, -0.2) is 62.2 Å². The van der Waals surface area contributed by atoms with Crippen LogP contribution in [0.4, 0.5) is 20.0 Å². The fraction of sp³-hybridized carbons (Fsp3) is 0.565. The number of aromatic nitrogens is 1. The van der Waals surface area contributed by atoms with Gasteiger partial charge in [-0.25, -0.2) is 22.6 Å². The van der Waals surface area contributed by atoms with Gasteiger partial charge in [0.1, 0.15) is 16.3 Å². The van der Waals surface area contributed by atoms with Crippen molar-refractivity contribution in [1.29, 1.82) is 0 Å². The molecule has 9 nitrogen and oxygen atoms in total. The summed E-state index contributed by atoms with van der Waals surface area (Å²) in [5.41, 5.74) is -0.280. The summed E-state index contributed by atoms with van der Waals surface area (Å²) in [5.74, 6) is -0.925. The number of carbonyl (C=O) groups excluding carboxylic acids is 1. The van der Waals surface area contributed by atoms with Crippen molar-refractivity contribution in [3.05, 3.63) is 34.5 Å². The average molecular weight is 562 g/mol. The number of ether oxygens (including phenoxy) is 1. The Morgan fingerprint density at radius 2 is 2.14 bits per heavy atom. The van der Waals surface area contributed by atoms with Gasteiger partial charge in [0.2, 0.25) is 0 Å². The number of anilines is 2. The molecule has 0 unspecified atom stereocenters. The molecule has 0 aliphatic carbocycles. The molecule has 3 rings (SSSR count). The van der Waals surface area contributed by atoms with Crippen LogP contribution in [-0.2, 0) is 14.8 Å². The summed E-state index contributed by atoms with van der Waals surface area (Å²) in [4.78, 5) is 17.7. The number of benzene rings is 1. The molecule has 36 heavy (non-hydrogen) atoms. The Hall–Kier alpha value is -2.15. The zero-order chi connectivity index (χ0) is 26.3. The van der Waals surface area contributed by atoms with Gasteiger partial charge < -0.3 is 20.3 Å². The Kier molecular flexibility index (Phi) is 9.79. The van der Waals surface area contributed by atoms with Gasteiger partial charge >= 0.3 is 6.09 Å². The second-order valence-corrected chi connectivity index (χ2v) is 12.5. The summed E-state index contributed by atoms with van der Waals surface area (Å²) in [6.45, 7) is 8.06. The molecular weight excluding hydrogens is 529 g/mol. The Morgan fingerprint density at radius 1 is 1.36 bits per heavy atom. The number of unbranched alkanes of at least 4 members (excludes halogenated alkanes) is 1. The molecule has 3 N–H and O–H groups in total. The summed E-state index contributed by atoms with van der Waals surface area (Å²) >= 11 is 7.32. The van der Waals surface area contributed by atoms with Crippen molar-refractivity contribution in [2.75, 3.05) is 36.2 Å². The van der Waals surface area contributed by atoms with Gasteiger partial charge in [0.15, 0.2) is 5.13 Å². The van der Waals surface area contributed by atoms with Crippen LogP contribution in [0.3, 0.4) is 0 Å². The first-order valence-electron chi connectivity index (χ1n) is 11.8. The van der Waals surface area contributed by atoms with Crippen molar-refractivity contribution in [3.63, 3.8) is 0 Å². The minimum absolute atomic E-state index is 0.0820. The fourth-order valence-electron chi connectivity index (χ4n) is 3.73. The summed E-state index contributed by atoms with van der Waals surface area (Å²) < 4.78 is 47.5. The van der Waals surface area contributed by atoms with Gasteiger partial charge in [0, 0.05) is 37.3 Å². The van der Waals surface area contributed by atoms with E-state index in [2.05, 4.69) is 20.3 Å². The molecule has 1 fully saturated rings. The number of halogens is 2. The SMILES string of the molecule is CC(C)(C)OC(=O)N(CCCCNc1cc(F)c(S(=O)(=O)Nc2nccs2)cc1Cl)C[C@H]1CCCN1. The molecule has 0 bridgehead atoms. The van der Waals surface area contributed by atoms with E-state index in [-0.39, 0.29) is 22.3 Å². The second kappa shape index (κ2) is 12.4. The highest BCUT2D eigenvalue weighted by Crippen LogP contribution is 2.29. The van der Waals surface area contributed by atoms with Crippen molar-refractivity contribution in [3.8, 4) is 0 Å². The van der Waals surface area contributed by atoms with E-state index in [0.717, 1.165) is 42.9 Å². The molecule has 1 aromatic heterocycles. The third-order valence-electron chi connectivity index (χ3n) is 5.39. The van der Waals surface area contributed by atoms with E-state index < -0.39 is 26.3 Å². The number of rotatable bonds is 11. The molecule has 13 heteroatoms. The number of thiazole rings is 1. The van der Waals surface area contributed by atoms with Crippen LogP contribution in [0.15, 0.2) is 28.6 Å². The van der Waals surface area contributed by atoms with Gasteiger partial charge in [0.05, 0.1) is 10.7 Å². The zero-order valence-corrected chi connectivity index (χ0v) is 23.0.